The van der Waals surface area contributed by atoms with Crippen LogP contribution in [0.25, 0.3) is 10.6 Å². The van der Waals surface area contributed by atoms with E-state index in [9.17, 15) is 9.59 Å². The molecule has 1 aromatic heterocycles. The van der Waals surface area contributed by atoms with E-state index in [0.29, 0.717) is 26.1 Å². The van der Waals surface area contributed by atoms with Gasteiger partial charge in [0.25, 0.3) is 0 Å². The van der Waals surface area contributed by atoms with Crippen LogP contribution in [0.2, 0.25) is 0 Å². The first-order chi connectivity index (χ1) is 12.2. The fraction of sp³-hybridized carbons (Fsp3) is 0.389. The number of hydrogen-bond donors (Lipinski definition) is 1. The van der Waals surface area contributed by atoms with E-state index < -0.39 is 0 Å². The zero-order valence-electron chi connectivity index (χ0n) is 14.3. The summed E-state index contributed by atoms with van der Waals surface area (Å²) in [4.78, 5) is 30.4. The molecule has 1 N–H and O–H groups in total. The third-order valence-electron chi connectivity index (χ3n) is 4.09. The van der Waals surface area contributed by atoms with Crippen LogP contribution in [0.3, 0.4) is 0 Å². The second-order valence-electron chi connectivity index (χ2n) is 6.03. The molecule has 0 unspecified atom stereocenters. The van der Waals surface area contributed by atoms with Gasteiger partial charge in [0.15, 0.2) is 0 Å². The van der Waals surface area contributed by atoms with Gasteiger partial charge in [-0.15, -0.1) is 11.3 Å². The summed E-state index contributed by atoms with van der Waals surface area (Å²) in [7, 11) is 0. The molecular weight excluding hydrogens is 336 g/mol. The Balaban J connectivity index is 1.60. The van der Waals surface area contributed by atoms with E-state index in [-0.39, 0.29) is 11.9 Å². The van der Waals surface area contributed by atoms with E-state index in [2.05, 4.69) is 16.5 Å². The number of nitrogens with one attached hydrogen (secondary N) is 1. The molecule has 6 nitrogen and oxygen atoms in total. The maximum atomic E-state index is 12.5. The first kappa shape index (κ1) is 17.4. The molecule has 3 rings (SSSR count). The third kappa shape index (κ3) is 4.36. The quantitative estimate of drug-likeness (QED) is 0.826. The minimum absolute atomic E-state index is 0.0946. The Bertz CT molecular complexity index is 732. The predicted molar refractivity (Wildman–Crippen MR) is 97.7 cm³/mol. The lowest BCUT2D eigenvalue weighted by Gasteiger charge is -2.19. The molecule has 1 aliphatic rings. The molecule has 25 heavy (non-hydrogen) atoms. The summed E-state index contributed by atoms with van der Waals surface area (Å²) >= 11 is 1.59. The van der Waals surface area contributed by atoms with Gasteiger partial charge in [0.1, 0.15) is 5.01 Å². The van der Waals surface area contributed by atoms with E-state index >= 15 is 0 Å². The average Bonchev–Trinajstić information content (AvgIpc) is 3.26. The molecule has 0 bridgehead atoms. The molecule has 1 aromatic carbocycles. The van der Waals surface area contributed by atoms with Crippen LogP contribution in [0.15, 0.2) is 35.8 Å². The number of aromatic nitrogens is 1. The van der Waals surface area contributed by atoms with Crippen molar-refractivity contribution in [2.45, 2.75) is 32.7 Å². The molecule has 7 heteroatoms. The second-order valence-corrected chi connectivity index (χ2v) is 6.93. The summed E-state index contributed by atoms with van der Waals surface area (Å²) in [5.74, 6) is -0.0946. The van der Waals surface area contributed by atoms with E-state index in [1.165, 1.54) is 5.01 Å². The molecule has 1 fully saturated rings. The number of amides is 3. The Morgan fingerprint density at radius 3 is 3.00 bits per heavy atom. The van der Waals surface area contributed by atoms with Crippen molar-refractivity contribution in [3.8, 4) is 10.6 Å². The first-order valence-corrected chi connectivity index (χ1v) is 9.40. The van der Waals surface area contributed by atoms with E-state index in [0.717, 1.165) is 29.0 Å². The number of hydrogen-bond acceptors (Lipinski definition) is 4. The van der Waals surface area contributed by atoms with Crippen molar-refractivity contribution in [3.05, 3.63) is 41.4 Å². The van der Waals surface area contributed by atoms with Gasteiger partial charge in [-0.3, -0.25) is 10.2 Å². The van der Waals surface area contributed by atoms with Gasteiger partial charge in [-0.1, -0.05) is 31.5 Å². The molecule has 0 aliphatic carbocycles. The van der Waals surface area contributed by atoms with Gasteiger partial charge in [0.05, 0.1) is 6.54 Å². The highest BCUT2D eigenvalue weighted by Gasteiger charge is 2.29. The summed E-state index contributed by atoms with van der Waals surface area (Å²) in [6.07, 6.45) is 4.04. The van der Waals surface area contributed by atoms with Gasteiger partial charge >= 0.3 is 6.03 Å². The first-order valence-electron chi connectivity index (χ1n) is 8.52. The average molecular weight is 358 g/mol. The summed E-state index contributed by atoms with van der Waals surface area (Å²) < 4.78 is 0. The minimum Gasteiger partial charge on any atom is -0.317 e. The maximum Gasteiger partial charge on any atom is 0.339 e. The van der Waals surface area contributed by atoms with Crippen molar-refractivity contribution >= 4 is 23.3 Å². The zero-order valence-corrected chi connectivity index (χ0v) is 15.1. The number of unbranched alkanes of at least 4 members (excludes halogenated alkanes) is 1. The summed E-state index contributed by atoms with van der Waals surface area (Å²) in [6.45, 7) is 3.69. The molecule has 0 radical (unpaired) electrons. The van der Waals surface area contributed by atoms with Gasteiger partial charge in [-0.2, -0.15) is 0 Å². The van der Waals surface area contributed by atoms with Gasteiger partial charge in [0.2, 0.25) is 5.91 Å². The van der Waals surface area contributed by atoms with Crippen LogP contribution in [0.4, 0.5) is 4.79 Å². The Kier molecular flexibility index (Phi) is 5.65. The number of carbonyl (C=O) groups excluding carboxylic acids is 2. The number of thiazole rings is 1. The summed E-state index contributed by atoms with van der Waals surface area (Å²) in [6, 6.07) is 7.93. The number of hydrazine groups is 1. The molecule has 0 spiro atoms. The lowest BCUT2D eigenvalue weighted by molar-refractivity contribution is -0.124. The van der Waals surface area contributed by atoms with Crippen LogP contribution < -0.4 is 5.43 Å². The van der Waals surface area contributed by atoms with Crippen LogP contribution in [0.1, 0.15) is 31.7 Å². The maximum absolute atomic E-state index is 12.5. The molecular formula is C18H22N4O2S. The molecule has 1 saturated heterocycles. The number of urea groups is 1. The van der Waals surface area contributed by atoms with Crippen molar-refractivity contribution in [3.63, 3.8) is 0 Å². The minimum atomic E-state index is -0.149. The predicted octanol–water partition coefficient (Wildman–Crippen LogP) is 3.27. The number of benzene rings is 1. The van der Waals surface area contributed by atoms with E-state index in [4.69, 9.17) is 0 Å². The molecule has 0 atom stereocenters. The lowest BCUT2D eigenvalue weighted by atomic mass is 10.1. The molecule has 132 valence electrons. The Morgan fingerprint density at radius 1 is 1.36 bits per heavy atom. The van der Waals surface area contributed by atoms with E-state index in [1.807, 2.05) is 30.5 Å². The van der Waals surface area contributed by atoms with Gasteiger partial charge in [-0.05, 0) is 18.1 Å². The van der Waals surface area contributed by atoms with Crippen molar-refractivity contribution in [2.24, 2.45) is 0 Å². The van der Waals surface area contributed by atoms with Crippen molar-refractivity contribution in [2.75, 3.05) is 13.1 Å². The Labute approximate surface area is 151 Å². The number of nitrogens with zero attached hydrogens (tertiary/aromatic N) is 3. The molecule has 2 heterocycles. The molecule has 3 amide bonds. The number of rotatable bonds is 7. The van der Waals surface area contributed by atoms with Crippen molar-refractivity contribution < 1.29 is 9.59 Å². The highest BCUT2D eigenvalue weighted by Crippen LogP contribution is 2.23. The van der Waals surface area contributed by atoms with Crippen LogP contribution in [-0.2, 0) is 11.3 Å². The Hall–Kier alpha value is -2.41. The zero-order chi connectivity index (χ0) is 17.6. The van der Waals surface area contributed by atoms with Crippen LogP contribution in [0, 0.1) is 0 Å². The van der Waals surface area contributed by atoms with Gasteiger partial charge in [-0.25, -0.2) is 14.8 Å². The fourth-order valence-electron chi connectivity index (χ4n) is 2.77. The molecule has 1 aliphatic heterocycles. The normalized spacial score (nSPS) is 14.2. The standard InChI is InChI=1S/C18H22N4O2S/c1-2-3-7-16(23)20-22-10-9-21(18(22)24)13-14-5-4-6-15(12-14)17-19-8-11-25-17/h4-6,8,11-12H,2-3,7,9-10,13H2,1H3,(H,20,23). The monoisotopic (exact) mass is 358 g/mol. The van der Waals surface area contributed by atoms with E-state index in [1.54, 1.807) is 22.4 Å². The molecule has 0 saturated carbocycles. The third-order valence-corrected chi connectivity index (χ3v) is 4.91. The highest BCUT2D eigenvalue weighted by atomic mass is 32.1. The van der Waals surface area contributed by atoms with Crippen LogP contribution >= 0.6 is 11.3 Å². The Morgan fingerprint density at radius 2 is 2.24 bits per heavy atom. The van der Waals surface area contributed by atoms with Gasteiger partial charge in [0, 0.05) is 36.7 Å². The molecule has 2 aromatic rings. The van der Waals surface area contributed by atoms with Crippen molar-refractivity contribution in [1.29, 1.82) is 0 Å². The van der Waals surface area contributed by atoms with Crippen molar-refractivity contribution in [1.82, 2.24) is 20.3 Å². The van der Waals surface area contributed by atoms with Gasteiger partial charge < -0.3 is 4.90 Å². The fourth-order valence-corrected chi connectivity index (χ4v) is 3.40. The largest absolute Gasteiger partial charge is 0.339 e. The van der Waals surface area contributed by atoms with Crippen LogP contribution in [0.5, 0.6) is 0 Å². The highest BCUT2D eigenvalue weighted by molar-refractivity contribution is 7.13. The smallest absolute Gasteiger partial charge is 0.317 e. The summed E-state index contributed by atoms with van der Waals surface area (Å²) in [5, 5.41) is 4.34. The topological polar surface area (TPSA) is 65.5 Å². The SMILES string of the molecule is CCCCC(=O)NN1CCN(Cc2cccc(-c3nccs3)c2)C1=O. The lowest BCUT2D eigenvalue weighted by Crippen LogP contribution is -2.44. The number of carbonyl (C=O) groups is 2. The van der Waals surface area contributed by atoms with Crippen LogP contribution in [-0.4, -0.2) is 39.9 Å². The second kappa shape index (κ2) is 8.11. The summed E-state index contributed by atoms with van der Waals surface area (Å²) in [5.41, 5.74) is 4.82.